The summed E-state index contributed by atoms with van der Waals surface area (Å²) in [6, 6.07) is 18.4. The number of hydrogen-bond acceptors (Lipinski definition) is 5. The summed E-state index contributed by atoms with van der Waals surface area (Å²) in [7, 11) is 1.53. The second-order valence-electron chi connectivity index (χ2n) is 8.37. The van der Waals surface area contributed by atoms with Gasteiger partial charge in [-0.25, -0.2) is 0 Å². The largest absolute Gasteiger partial charge is 0.493 e. The van der Waals surface area contributed by atoms with E-state index in [4.69, 9.17) is 21.1 Å². The Bertz CT molecular complexity index is 1160. The van der Waals surface area contributed by atoms with E-state index in [1.165, 1.54) is 7.11 Å². The van der Waals surface area contributed by atoms with Crippen molar-refractivity contribution in [2.45, 2.75) is 27.3 Å². The van der Waals surface area contributed by atoms with Gasteiger partial charge < -0.3 is 25.4 Å². The van der Waals surface area contributed by atoms with E-state index in [-0.39, 0.29) is 24.3 Å². The zero-order valence-electron chi connectivity index (χ0n) is 20.3. The van der Waals surface area contributed by atoms with Gasteiger partial charge in [0.15, 0.2) is 18.1 Å². The van der Waals surface area contributed by atoms with Crippen LogP contribution in [-0.2, 0) is 16.1 Å². The van der Waals surface area contributed by atoms with Crippen molar-refractivity contribution in [3.05, 3.63) is 76.8 Å². The number of halogens is 1. The van der Waals surface area contributed by atoms with Gasteiger partial charge in [0, 0.05) is 40.6 Å². The van der Waals surface area contributed by atoms with Crippen LogP contribution in [0.3, 0.4) is 0 Å². The third-order valence-electron chi connectivity index (χ3n) is 5.19. The lowest BCUT2D eigenvalue weighted by Crippen LogP contribution is -2.20. The lowest BCUT2D eigenvalue weighted by Gasteiger charge is -2.15. The summed E-state index contributed by atoms with van der Waals surface area (Å²) in [5, 5.41) is 9.43. The fourth-order valence-corrected chi connectivity index (χ4v) is 3.34. The molecule has 0 aliphatic rings. The normalized spacial score (nSPS) is 10.6. The number of nitrogens with one attached hydrogen (secondary N) is 3. The van der Waals surface area contributed by atoms with Gasteiger partial charge in [0.25, 0.3) is 5.91 Å². The molecule has 3 aromatic carbocycles. The van der Waals surface area contributed by atoms with Crippen LogP contribution in [0.15, 0.2) is 60.7 Å². The Kier molecular flexibility index (Phi) is 8.98. The van der Waals surface area contributed by atoms with Crippen molar-refractivity contribution >= 4 is 40.5 Å². The van der Waals surface area contributed by atoms with Crippen LogP contribution in [0.1, 0.15) is 25.0 Å². The number of ether oxygens (including phenoxy) is 2. The molecule has 0 heterocycles. The predicted molar refractivity (Wildman–Crippen MR) is 141 cm³/mol. The minimum Gasteiger partial charge on any atom is -0.493 e. The number of carbonyl (C=O) groups is 2. The molecule has 0 aliphatic carbocycles. The zero-order valence-corrected chi connectivity index (χ0v) is 21.0. The van der Waals surface area contributed by atoms with E-state index in [2.05, 4.69) is 16.0 Å². The van der Waals surface area contributed by atoms with Crippen molar-refractivity contribution < 1.29 is 19.1 Å². The van der Waals surface area contributed by atoms with Crippen molar-refractivity contribution in [3.63, 3.8) is 0 Å². The molecular weight excluding hydrogens is 466 g/mol. The van der Waals surface area contributed by atoms with Crippen LogP contribution in [0.4, 0.5) is 17.1 Å². The number of rotatable bonds is 10. The quantitative estimate of drug-likeness (QED) is 0.327. The van der Waals surface area contributed by atoms with Gasteiger partial charge in [-0.05, 0) is 55.0 Å². The van der Waals surface area contributed by atoms with Crippen LogP contribution in [0, 0.1) is 12.8 Å². The molecule has 8 heteroatoms. The van der Waals surface area contributed by atoms with Crippen LogP contribution in [0.25, 0.3) is 0 Å². The van der Waals surface area contributed by atoms with Crippen LogP contribution in [0.5, 0.6) is 11.5 Å². The molecule has 0 aliphatic heterocycles. The lowest BCUT2D eigenvalue weighted by molar-refractivity contribution is -0.119. The Balaban J connectivity index is 1.58. The van der Waals surface area contributed by atoms with Gasteiger partial charge in [-0.15, -0.1) is 0 Å². The number of aryl methyl sites for hydroxylation is 1. The van der Waals surface area contributed by atoms with E-state index in [0.29, 0.717) is 28.8 Å². The molecule has 3 aromatic rings. The minimum absolute atomic E-state index is 0.0282. The molecule has 0 radical (unpaired) electrons. The predicted octanol–water partition coefficient (Wildman–Crippen LogP) is 5.88. The van der Waals surface area contributed by atoms with Crippen molar-refractivity contribution in [1.82, 2.24) is 0 Å². The first-order chi connectivity index (χ1) is 16.7. The topological polar surface area (TPSA) is 88.7 Å². The summed E-state index contributed by atoms with van der Waals surface area (Å²) in [5.74, 6) is 0.455. The van der Waals surface area contributed by atoms with Crippen molar-refractivity contribution in [3.8, 4) is 11.5 Å². The van der Waals surface area contributed by atoms with Gasteiger partial charge >= 0.3 is 0 Å². The fraction of sp³-hybridized carbons (Fsp3) is 0.259. The number of amides is 2. The van der Waals surface area contributed by atoms with Gasteiger partial charge in [-0.2, -0.15) is 0 Å². The molecular formula is C27H30ClN3O4. The highest BCUT2D eigenvalue weighted by Gasteiger charge is 2.13. The van der Waals surface area contributed by atoms with E-state index < -0.39 is 0 Å². The van der Waals surface area contributed by atoms with Gasteiger partial charge in [-0.1, -0.05) is 43.1 Å². The Labute approximate surface area is 210 Å². The van der Waals surface area contributed by atoms with Crippen molar-refractivity contribution in [2.75, 3.05) is 29.7 Å². The highest BCUT2D eigenvalue weighted by molar-refractivity contribution is 6.31. The number of anilines is 3. The van der Waals surface area contributed by atoms with E-state index in [0.717, 1.165) is 22.5 Å². The SMILES string of the molecule is COc1cc(CNc2ccc(NC(=O)C(C)C)cc2)c(Cl)cc1OCC(=O)Nc1ccc(C)cc1. The van der Waals surface area contributed by atoms with Crippen LogP contribution >= 0.6 is 11.6 Å². The molecule has 7 nitrogen and oxygen atoms in total. The first-order valence-corrected chi connectivity index (χ1v) is 11.6. The fourth-order valence-electron chi connectivity index (χ4n) is 3.12. The Morgan fingerprint density at radius 1 is 0.886 bits per heavy atom. The van der Waals surface area contributed by atoms with Crippen molar-refractivity contribution in [2.24, 2.45) is 5.92 Å². The summed E-state index contributed by atoms with van der Waals surface area (Å²) in [6.45, 7) is 5.94. The van der Waals surface area contributed by atoms with E-state index >= 15 is 0 Å². The molecule has 35 heavy (non-hydrogen) atoms. The first kappa shape index (κ1) is 25.9. The molecule has 0 atom stereocenters. The maximum atomic E-state index is 12.3. The Morgan fingerprint density at radius 3 is 2.11 bits per heavy atom. The average Bonchev–Trinajstić information content (AvgIpc) is 2.84. The lowest BCUT2D eigenvalue weighted by atomic mass is 10.1. The Morgan fingerprint density at radius 2 is 1.49 bits per heavy atom. The number of benzene rings is 3. The molecule has 2 amide bonds. The number of methoxy groups -OCH3 is 1. The molecule has 0 fully saturated rings. The van der Waals surface area contributed by atoms with Crippen LogP contribution < -0.4 is 25.4 Å². The van der Waals surface area contributed by atoms with Gasteiger partial charge in [0.05, 0.1) is 7.11 Å². The third kappa shape index (κ3) is 7.65. The monoisotopic (exact) mass is 495 g/mol. The standard InChI is InChI=1S/C27H30ClN3O4/c1-17(2)27(33)31-22-11-9-20(10-12-22)29-15-19-13-24(34-4)25(14-23(19)28)35-16-26(32)30-21-7-5-18(3)6-8-21/h5-14,17,29H,15-16H2,1-4H3,(H,30,32)(H,31,33). The molecule has 184 valence electrons. The zero-order chi connectivity index (χ0) is 25.4. The maximum Gasteiger partial charge on any atom is 0.262 e. The Hall–Kier alpha value is -3.71. The molecule has 0 unspecified atom stereocenters. The summed E-state index contributed by atoms with van der Waals surface area (Å²) in [6.07, 6.45) is 0. The molecule has 0 bridgehead atoms. The second kappa shape index (κ2) is 12.1. The number of hydrogen-bond donors (Lipinski definition) is 3. The molecule has 0 saturated carbocycles. The smallest absolute Gasteiger partial charge is 0.262 e. The summed E-state index contributed by atoms with van der Waals surface area (Å²) < 4.78 is 11.1. The van der Waals surface area contributed by atoms with Crippen LogP contribution in [0.2, 0.25) is 5.02 Å². The molecule has 3 N–H and O–H groups in total. The second-order valence-corrected chi connectivity index (χ2v) is 8.78. The van der Waals surface area contributed by atoms with Gasteiger partial charge in [0.1, 0.15) is 0 Å². The van der Waals surface area contributed by atoms with Crippen LogP contribution in [-0.4, -0.2) is 25.5 Å². The van der Waals surface area contributed by atoms with Gasteiger partial charge in [-0.3, -0.25) is 9.59 Å². The maximum absolute atomic E-state index is 12.3. The molecule has 0 aromatic heterocycles. The van der Waals surface area contributed by atoms with Gasteiger partial charge in [0.2, 0.25) is 5.91 Å². The van der Waals surface area contributed by atoms with E-state index in [9.17, 15) is 9.59 Å². The summed E-state index contributed by atoms with van der Waals surface area (Å²) in [5.41, 5.74) is 4.22. The van der Waals surface area contributed by atoms with Crippen molar-refractivity contribution in [1.29, 1.82) is 0 Å². The first-order valence-electron chi connectivity index (χ1n) is 11.3. The molecule has 0 saturated heterocycles. The highest BCUT2D eigenvalue weighted by Crippen LogP contribution is 2.34. The third-order valence-corrected chi connectivity index (χ3v) is 5.54. The minimum atomic E-state index is -0.286. The molecule has 0 spiro atoms. The highest BCUT2D eigenvalue weighted by atomic mass is 35.5. The van der Waals surface area contributed by atoms with E-state index in [1.807, 2.05) is 69.3 Å². The molecule has 3 rings (SSSR count). The summed E-state index contributed by atoms with van der Waals surface area (Å²) >= 11 is 6.47. The van der Waals surface area contributed by atoms with E-state index in [1.54, 1.807) is 12.1 Å². The number of carbonyl (C=O) groups excluding carboxylic acids is 2. The summed E-state index contributed by atoms with van der Waals surface area (Å²) in [4.78, 5) is 24.1. The average molecular weight is 496 g/mol.